The summed E-state index contributed by atoms with van der Waals surface area (Å²) >= 11 is 0. The first-order valence-corrected chi connectivity index (χ1v) is 6.38. The van der Waals surface area contributed by atoms with Gasteiger partial charge in [0.2, 0.25) is 0 Å². The zero-order chi connectivity index (χ0) is 14.3. The van der Waals surface area contributed by atoms with Crippen LogP contribution in [0.3, 0.4) is 0 Å². The second kappa shape index (κ2) is 19.0. The van der Waals surface area contributed by atoms with Gasteiger partial charge < -0.3 is 38.5 Å². The third-order valence-electron chi connectivity index (χ3n) is 2.16. The molecule has 0 aromatic carbocycles. The molecule has 0 aliphatic rings. The van der Waals surface area contributed by atoms with E-state index in [9.17, 15) is 0 Å². The van der Waals surface area contributed by atoms with Gasteiger partial charge in [-0.2, -0.15) is 0 Å². The molecule has 0 aliphatic heterocycles. The summed E-state index contributed by atoms with van der Waals surface area (Å²) in [5.41, 5.74) is 15.5. The molecule has 0 atom stereocenters. The molecule has 0 radical (unpaired) electrons. The highest BCUT2D eigenvalue weighted by Gasteiger charge is 1.90. The summed E-state index contributed by atoms with van der Waals surface area (Å²) in [6.45, 7) is 6.39. The Hall–Kier alpha value is -1.00. The summed E-state index contributed by atoms with van der Waals surface area (Å²) in [5.74, 6) is 0.136. The molecule has 0 spiro atoms. The van der Waals surface area contributed by atoms with Gasteiger partial charge in [-0.05, 0) is 0 Å². The van der Waals surface area contributed by atoms with Crippen LogP contribution in [-0.4, -0.2) is 64.3 Å². The molecule has 0 amide bonds. The second-order valence-corrected chi connectivity index (χ2v) is 3.90. The van der Waals surface area contributed by atoms with Crippen molar-refractivity contribution in [3.63, 3.8) is 0 Å². The molecule has 9 nitrogen and oxygen atoms in total. The molecule has 11 heteroatoms. The minimum absolute atomic E-state index is 0. The Morgan fingerprint density at radius 2 is 1.19 bits per heavy atom. The molecule has 0 saturated heterocycles. The molecule has 0 bridgehead atoms. The van der Waals surface area contributed by atoms with Crippen molar-refractivity contribution in [3.8, 4) is 0 Å². The maximum Gasteiger partial charge on any atom is 0.185 e. The molecule has 0 rings (SSSR count). The lowest BCUT2D eigenvalue weighted by Gasteiger charge is -2.08. The van der Waals surface area contributed by atoms with Gasteiger partial charge in [-0.3, -0.25) is 10.4 Å². The number of nitrogens with two attached hydrogens (primary N) is 3. The molecule has 0 saturated carbocycles. The van der Waals surface area contributed by atoms with E-state index in [1.807, 2.05) is 0 Å². The minimum Gasteiger partial charge on any atom is -0.370 e. The normalized spacial score (nSPS) is 9.14. The van der Waals surface area contributed by atoms with Crippen LogP contribution in [-0.2, 0) is 0 Å². The molecule has 0 heterocycles. The monoisotopic (exact) mass is 345 g/mol. The Labute approximate surface area is 138 Å². The summed E-state index contributed by atoms with van der Waals surface area (Å²) in [5, 5.41) is 19.4. The van der Waals surface area contributed by atoms with Crippen LogP contribution in [0.4, 0.5) is 0 Å². The van der Waals surface area contributed by atoms with E-state index in [2.05, 4.69) is 26.3 Å². The standard InChI is InChI=1S/C10H27N9.2ClH/c11-9(12)18-7-5-16-3-1-15-2-4-17-6-8-19-10(13)14;;/h15-17H,1-8H2,(H4,11,12,18)(H4,13,14,19);2*1H. The van der Waals surface area contributed by atoms with Crippen molar-refractivity contribution in [2.75, 3.05) is 52.4 Å². The van der Waals surface area contributed by atoms with E-state index in [0.29, 0.717) is 13.1 Å². The third kappa shape index (κ3) is 24.4. The van der Waals surface area contributed by atoms with Crippen LogP contribution < -0.4 is 38.5 Å². The van der Waals surface area contributed by atoms with Crippen molar-refractivity contribution in [3.05, 3.63) is 0 Å². The molecular weight excluding hydrogens is 317 g/mol. The van der Waals surface area contributed by atoms with Crippen LogP contribution in [0.2, 0.25) is 0 Å². The smallest absolute Gasteiger partial charge is 0.185 e. The average Bonchev–Trinajstić information content (AvgIpc) is 2.34. The van der Waals surface area contributed by atoms with Gasteiger partial charge in [0.05, 0.1) is 6.54 Å². The topological polar surface area (TPSA) is 162 Å². The molecule has 0 aromatic rings. The van der Waals surface area contributed by atoms with E-state index in [1.54, 1.807) is 0 Å². The van der Waals surface area contributed by atoms with E-state index in [0.717, 1.165) is 39.3 Å². The zero-order valence-electron chi connectivity index (χ0n) is 12.2. The molecular formula is C10H29Cl2N9. The summed E-state index contributed by atoms with van der Waals surface area (Å²) in [4.78, 5) is 3.86. The highest BCUT2D eigenvalue weighted by molar-refractivity contribution is 5.85. The van der Waals surface area contributed by atoms with Crippen molar-refractivity contribution >= 4 is 36.7 Å². The van der Waals surface area contributed by atoms with Gasteiger partial charge >= 0.3 is 0 Å². The Balaban J connectivity index is -0.00000162. The number of hydrogen-bond acceptors (Lipinski definition) is 5. The third-order valence-corrected chi connectivity index (χ3v) is 2.16. The number of nitrogens with zero attached hydrogens (tertiary/aromatic N) is 1. The molecule has 0 fully saturated rings. The lowest BCUT2D eigenvalue weighted by Crippen LogP contribution is -2.38. The lowest BCUT2D eigenvalue weighted by molar-refractivity contribution is 0.581. The van der Waals surface area contributed by atoms with E-state index in [-0.39, 0.29) is 36.7 Å². The van der Waals surface area contributed by atoms with Gasteiger partial charge in [-0.1, -0.05) is 0 Å². The number of nitrogens with one attached hydrogen (secondary N) is 5. The Bertz CT molecular complexity index is 259. The fourth-order valence-corrected chi connectivity index (χ4v) is 1.28. The first-order valence-electron chi connectivity index (χ1n) is 6.38. The Kier molecular flexibility index (Phi) is 22.6. The van der Waals surface area contributed by atoms with Crippen molar-refractivity contribution < 1.29 is 0 Å². The second-order valence-electron chi connectivity index (χ2n) is 3.90. The zero-order valence-corrected chi connectivity index (χ0v) is 13.8. The highest BCUT2D eigenvalue weighted by Crippen LogP contribution is 1.67. The van der Waals surface area contributed by atoms with Crippen molar-refractivity contribution in [1.29, 1.82) is 5.41 Å². The first-order chi connectivity index (χ1) is 9.13. The lowest BCUT2D eigenvalue weighted by atomic mass is 10.5. The van der Waals surface area contributed by atoms with E-state index >= 15 is 0 Å². The van der Waals surface area contributed by atoms with E-state index < -0.39 is 0 Å². The fourth-order valence-electron chi connectivity index (χ4n) is 1.28. The van der Waals surface area contributed by atoms with Crippen LogP contribution in [0.15, 0.2) is 4.99 Å². The van der Waals surface area contributed by atoms with Gasteiger partial charge in [-0.25, -0.2) is 0 Å². The maximum absolute atomic E-state index is 6.96. The summed E-state index contributed by atoms with van der Waals surface area (Å²) < 4.78 is 0. The SMILES string of the molecule is Cl.Cl.N=C(N)NCCNCCNCCNCCN=C(N)N. The van der Waals surface area contributed by atoms with Gasteiger partial charge in [0.25, 0.3) is 0 Å². The van der Waals surface area contributed by atoms with E-state index in [1.165, 1.54) is 0 Å². The largest absolute Gasteiger partial charge is 0.370 e. The van der Waals surface area contributed by atoms with Crippen LogP contribution in [0.5, 0.6) is 0 Å². The molecule has 128 valence electrons. The Morgan fingerprint density at radius 3 is 1.62 bits per heavy atom. The number of rotatable bonds is 12. The molecule has 11 N–H and O–H groups in total. The Morgan fingerprint density at radius 1 is 0.762 bits per heavy atom. The summed E-state index contributed by atoms with van der Waals surface area (Å²) in [6.07, 6.45) is 0. The number of aliphatic imine (C=N–C) groups is 1. The number of guanidine groups is 2. The number of hydrogen-bond donors (Lipinski definition) is 8. The van der Waals surface area contributed by atoms with E-state index in [4.69, 9.17) is 22.6 Å². The van der Waals surface area contributed by atoms with Gasteiger partial charge in [0.1, 0.15) is 0 Å². The van der Waals surface area contributed by atoms with Crippen molar-refractivity contribution in [2.45, 2.75) is 0 Å². The highest BCUT2D eigenvalue weighted by atomic mass is 35.5. The van der Waals surface area contributed by atoms with Crippen LogP contribution in [0, 0.1) is 5.41 Å². The van der Waals surface area contributed by atoms with Gasteiger partial charge in [0.15, 0.2) is 11.9 Å². The van der Waals surface area contributed by atoms with Crippen molar-refractivity contribution in [1.82, 2.24) is 21.3 Å². The van der Waals surface area contributed by atoms with Gasteiger partial charge in [0, 0.05) is 45.8 Å². The van der Waals surface area contributed by atoms with Crippen molar-refractivity contribution in [2.24, 2.45) is 22.2 Å². The number of halogens is 2. The molecule has 21 heavy (non-hydrogen) atoms. The predicted molar refractivity (Wildman–Crippen MR) is 93.7 cm³/mol. The van der Waals surface area contributed by atoms with Crippen LogP contribution in [0.25, 0.3) is 0 Å². The molecule has 0 unspecified atom stereocenters. The quantitative estimate of drug-likeness (QED) is 0.109. The first kappa shape index (κ1) is 25.0. The minimum atomic E-state index is 0. The average molecular weight is 346 g/mol. The van der Waals surface area contributed by atoms with Crippen LogP contribution in [0.1, 0.15) is 0 Å². The fraction of sp³-hybridized carbons (Fsp3) is 0.800. The van der Waals surface area contributed by atoms with Crippen LogP contribution >= 0.6 is 24.8 Å². The maximum atomic E-state index is 6.96. The summed E-state index contributed by atoms with van der Waals surface area (Å²) in [7, 11) is 0. The molecule has 0 aliphatic carbocycles. The summed E-state index contributed by atoms with van der Waals surface area (Å²) in [6, 6.07) is 0. The predicted octanol–water partition coefficient (Wildman–Crippen LogP) is -2.64. The van der Waals surface area contributed by atoms with Gasteiger partial charge in [-0.15, -0.1) is 24.8 Å². The molecule has 0 aromatic heterocycles.